The monoisotopic (exact) mass is 493 g/mol. The molecule has 5 rings (SSSR count). The van der Waals surface area contributed by atoms with Crippen LogP contribution in [0.25, 0.3) is 16.7 Å². The fraction of sp³-hybridized carbons (Fsp3) is 0.320. The summed E-state index contributed by atoms with van der Waals surface area (Å²) in [6.45, 7) is -0.321. The molecular weight excluding hydrogens is 470 g/mol. The highest BCUT2D eigenvalue weighted by molar-refractivity contribution is 6.31. The molecule has 1 aliphatic rings. The maximum absolute atomic E-state index is 13.3. The second-order valence-corrected chi connectivity index (χ2v) is 9.35. The quantitative estimate of drug-likeness (QED) is 0.430. The van der Waals surface area contributed by atoms with Crippen LogP contribution in [-0.4, -0.2) is 36.5 Å². The van der Waals surface area contributed by atoms with Gasteiger partial charge in [0.25, 0.3) is 11.5 Å². The molecular formula is C25H24ClN5O4. The van der Waals surface area contributed by atoms with E-state index in [-0.39, 0.29) is 46.5 Å². The molecule has 0 unspecified atom stereocenters. The minimum atomic E-state index is -0.583. The molecule has 1 aliphatic carbocycles. The highest BCUT2D eigenvalue weighted by Gasteiger charge is 2.21. The van der Waals surface area contributed by atoms with Crippen molar-refractivity contribution in [1.29, 1.82) is 0 Å². The molecule has 9 nitrogen and oxygen atoms in total. The van der Waals surface area contributed by atoms with Gasteiger partial charge in [-0.25, -0.2) is 13.9 Å². The van der Waals surface area contributed by atoms with Gasteiger partial charge in [-0.05, 0) is 43.2 Å². The van der Waals surface area contributed by atoms with Crippen LogP contribution in [0.4, 0.5) is 0 Å². The molecule has 2 aromatic heterocycles. The van der Waals surface area contributed by atoms with Crippen LogP contribution in [-0.2, 0) is 13.6 Å². The number of hydrogen-bond acceptors (Lipinski definition) is 5. The van der Waals surface area contributed by atoms with E-state index in [1.54, 1.807) is 30.3 Å². The lowest BCUT2D eigenvalue weighted by Crippen LogP contribution is -2.36. The number of Topliss-reactive ketones (excluding diaryl/α,β-unsaturated/α-hetero) is 1. The number of ketones is 1. The summed E-state index contributed by atoms with van der Waals surface area (Å²) in [5, 5.41) is 7.99. The summed E-state index contributed by atoms with van der Waals surface area (Å²) in [6, 6.07) is 11.2. The first-order valence-electron chi connectivity index (χ1n) is 11.6. The fourth-order valence-electron chi connectivity index (χ4n) is 4.64. The molecule has 0 bridgehead atoms. The summed E-state index contributed by atoms with van der Waals surface area (Å²) in [5.74, 6) is -0.514. The largest absolute Gasteiger partial charge is 0.352 e. The van der Waals surface area contributed by atoms with Crippen LogP contribution < -0.4 is 16.6 Å². The molecule has 180 valence electrons. The van der Waals surface area contributed by atoms with Crippen LogP contribution in [0.3, 0.4) is 0 Å². The van der Waals surface area contributed by atoms with E-state index in [9.17, 15) is 19.2 Å². The zero-order chi connectivity index (χ0) is 24.7. The van der Waals surface area contributed by atoms with Crippen molar-refractivity contribution in [2.24, 2.45) is 7.05 Å². The average molecular weight is 494 g/mol. The number of rotatable bonds is 5. The first-order chi connectivity index (χ1) is 16.8. The predicted octanol–water partition coefficient (Wildman–Crippen LogP) is 2.95. The topological polar surface area (TPSA) is 107 Å². The Hall–Kier alpha value is -3.72. The summed E-state index contributed by atoms with van der Waals surface area (Å²) < 4.78 is 3.54. The maximum atomic E-state index is 13.3. The number of fused-ring (bicyclic) bond motifs is 3. The number of carbonyl (C=O) groups excluding carboxylic acids is 2. The van der Waals surface area contributed by atoms with Gasteiger partial charge in [-0.1, -0.05) is 43.0 Å². The minimum absolute atomic E-state index is 0.0798. The van der Waals surface area contributed by atoms with Crippen molar-refractivity contribution >= 4 is 40.0 Å². The fourth-order valence-corrected chi connectivity index (χ4v) is 4.83. The number of benzene rings is 2. The third-order valence-corrected chi connectivity index (χ3v) is 6.77. The van der Waals surface area contributed by atoms with Crippen molar-refractivity contribution in [1.82, 2.24) is 24.1 Å². The Labute approximate surface area is 204 Å². The Morgan fingerprint density at radius 2 is 1.83 bits per heavy atom. The van der Waals surface area contributed by atoms with Crippen molar-refractivity contribution in [3.05, 3.63) is 79.5 Å². The van der Waals surface area contributed by atoms with Crippen molar-refractivity contribution in [2.45, 2.75) is 44.7 Å². The van der Waals surface area contributed by atoms with Gasteiger partial charge in [0.05, 0.1) is 10.9 Å². The van der Waals surface area contributed by atoms with Crippen LogP contribution >= 0.6 is 11.6 Å². The van der Waals surface area contributed by atoms with Crippen LogP contribution in [0, 0.1) is 0 Å². The van der Waals surface area contributed by atoms with Crippen molar-refractivity contribution < 1.29 is 9.59 Å². The SMILES string of the molecule is Cn1c(=O)c2ccc(C(=O)NC3CCCCC3)cc2n2c(=O)n(CC(=O)c3cccc(Cl)c3)nc12. The van der Waals surface area contributed by atoms with E-state index in [0.29, 0.717) is 16.1 Å². The molecule has 1 N–H and O–H groups in total. The van der Waals surface area contributed by atoms with Crippen molar-refractivity contribution in [3.63, 3.8) is 0 Å². The van der Waals surface area contributed by atoms with Gasteiger partial charge in [-0.2, -0.15) is 0 Å². The molecule has 0 spiro atoms. The number of aromatic nitrogens is 4. The highest BCUT2D eigenvalue weighted by atomic mass is 35.5. The maximum Gasteiger partial charge on any atom is 0.352 e. The number of aryl methyl sites for hydroxylation is 1. The molecule has 1 fully saturated rings. The highest BCUT2D eigenvalue weighted by Crippen LogP contribution is 2.19. The predicted molar refractivity (Wildman–Crippen MR) is 132 cm³/mol. The third-order valence-electron chi connectivity index (χ3n) is 6.54. The van der Waals surface area contributed by atoms with Gasteiger partial charge >= 0.3 is 5.69 Å². The Balaban J connectivity index is 1.57. The Morgan fingerprint density at radius 3 is 2.57 bits per heavy atom. The first kappa shape index (κ1) is 23.0. The number of nitrogens with zero attached hydrogens (tertiary/aromatic N) is 4. The summed E-state index contributed by atoms with van der Waals surface area (Å²) in [7, 11) is 1.51. The third kappa shape index (κ3) is 4.27. The second-order valence-electron chi connectivity index (χ2n) is 8.91. The standard InChI is InChI=1S/C25H24ClN5O4/c1-29-23(34)19-11-10-16(22(33)27-18-8-3-2-4-9-18)13-20(19)31-24(29)28-30(25(31)35)14-21(32)15-6-5-7-17(26)12-15/h5-7,10-13,18H,2-4,8-9,14H2,1H3,(H,27,33). The molecule has 35 heavy (non-hydrogen) atoms. The number of nitrogens with one attached hydrogen (secondary N) is 1. The van der Waals surface area contributed by atoms with E-state index >= 15 is 0 Å². The molecule has 0 atom stereocenters. The van der Waals surface area contributed by atoms with E-state index in [0.717, 1.165) is 30.4 Å². The van der Waals surface area contributed by atoms with E-state index in [1.807, 2.05) is 0 Å². The Morgan fingerprint density at radius 1 is 1.06 bits per heavy atom. The zero-order valence-electron chi connectivity index (χ0n) is 19.2. The van der Waals surface area contributed by atoms with Gasteiger partial charge in [0.2, 0.25) is 5.78 Å². The minimum Gasteiger partial charge on any atom is -0.349 e. The van der Waals surface area contributed by atoms with Crippen molar-refractivity contribution in [2.75, 3.05) is 0 Å². The zero-order valence-corrected chi connectivity index (χ0v) is 19.9. The van der Waals surface area contributed by atoms with E-state index in [1.165, 1.54) is 34.6 Å². The van der Waals surface area contributed by atoms with Crippen molar-refractivity contribution in [3.8, 4) is 0 Å². The number of hydrogen-bond donors (Lipinski definition) is 1. The summed E-state index contributed by atoms with van der Waals surface area (Å²) in [6.07, 6.45) is 5.23. The van der Waals surface area contributed by atoms with Gasteiger partial charge in [0.15, 0.2) is 5.78 Å². The smallest absolute Gasteiger partial charge is 0.349 e. The molecule has 2 heterocycles. The van der Waals surface area contributed by atoms with E-state index in [2.05, 4.69) is 10.4 Å². The van der Waals surface area contributed by atoms with Gasteiger partial charge in [-0.3, -0.25) is 19.0 Å². The second kappa shape index (κ2) is 9.14. The molecule has 4 aromatic rings. The van der Waals surface area contributed by atoms with Crippen LogP contribution in [0.15, 0.2) is 52.1 Å². The van der Waals surface area contributed by atoms with Gasteiger partial charge in [0.1, 0.15) is 6.54 Å². The molecule has 10 heteroatoms. The normalized spacial score (nSPS) is 14.5. The number of halogens is 1. The molecule has 2 aromatic carbocycles. The van der Waals surface area contributed by atoms with Crippen LogP contribution in [0.1, 0.15) is 52.8 Å². The first-order valence-corrected chi connectivity index (χ1v) is 11.9. The van der Waals surface area contributed by atoms with Gasteiger partial charge < -0.3 is 5.32 Å². The van der Waals surface area contributed by atoms with Crippen LogP contribution in [0.5, 0.6) is 0 Å². The van der Waals surface area contributed by atoms with Crippen LogP contribution in [0.2, 0.25) is 5.02 Å². The van der Waals surface area contributed by atoms with E-state index in [4.69, 9.17) is 11.6 Å². The Kier molecular flexibility index (Phi) is 6.02. The number of carbonyl (C=O) groups is 2. The molecule has 0 saturated heterocycles. The van der Waals surface area contributed by atoms with Gasteiger partial charge in [-0.15, -0.1) is 5.10 Å². The lowest BCUT2D eigenvalue weighted by molar-refractivity contribution is 0.0926. The lowest BCUT2D eigenvalue weighted by atomic mass is 9.95. The molecule has 0 radical (unpaired) electrons. The van der Waals surface area contributed by atoms with E-state index < -0.39 is 5.69 Å². The molecule has 1 amide bonds. The number of amides is 1. The molecule has 1 saturated carbocycles. The summed E-state index contributed by atoms with van der Waals surface area (Å²) in [5.41, 5.74) is 0.0332. The Bertz CT molecular complexity index is 1590. The summed E-state index contributed by atoms with van der Waals surface area (Å²) >= 11 is 5.98. The average Bonchev–Trinajstić information content (AvgIpc) is 3.18. The lowest BCUT2D eigenvalue weighted by Gasteiger charge is -2.22. The summed E-state index contributed by atoms with van der Waals surface area (Å²) in [4.78, 5) is 51.9. The van der Waals surface area contributed by atoms with Gasteiger partial charge in [0, 0.05) is 29.2 Å². The molecule has 0 aliphatic heterocycles.